The van der Waals surface area contributed by atoms with E-state index in [2.05, 4.69) is 17.5 Å². The molecule has 3 aromatic carbocycles. The average molecular weight is 561 g/mol. The van der Waals surface area contributed by atoms with Gasteiger partial charge in [-0.15, -0.1) is 11.3 Å². The van der Waals surface area contributed by atoms with E-state index in [0.29, 0.717) is 21.9 Å². The SMILES string of the molecule is COc1cccc(C(=O)[C@H]2[C@@H](C(=O)c3cccs3)N3c4ccc(C)cc4C(C)=C[C@H]3[C@@]23C(=O)Nc2ccccc23)c1. The van der Waals surface area contributed by atoms with Crippen LogP contribution in [0.4, 0.5) is 11.4 Å². The van der Waals surface area contributed by atoms with Crippen molar-refractivity contribution < 1.29 is 19.1 Å². The fourth-order valence-corrected chi connectivity index (χ4v) is 7.76. The zero-order valence-corrected chi connectivity index (χ0v) is 23.7. The highest BCUT2D eigenvalue weighted by atomic mass is 32.1. The molecular weight excluding hydrogens is 532 g/mol. The van der Waals surface area contributed by atoms with Gasteiger partial charge in [-0.05, 0) is 66.8 Å². The van der Waals surface area contributed by atoms with Crippen LogP contribution in [0.2, 0.25) is 0 Å². The minimum atomic E-state index is -1.34. The van der Waals surface area contributed by atoms with E-state index < -0.39 is 23.4 Å². The highest BCUT2D eigenvalue weighted by Gasteiger charge is 2.70. The van der Waals surface area contributed by atoms with E-state index in [1.807, 2.05) is 66.6 Å². The number of hydrogen-bond donors (Lipinski definition) is 1. The number of para-hydroxylation sites is 1. The number of allylic oxidation sites excluding steroid dienone is 1. The lowest BCUT2D eigenvalue weighted by Crippen LogP contribution is -2.51. The second-order valence-corrected chi connectivity index (χ2v) is 11.9. The number of fused-ring (bicyclic) bond motifs is 6. The number of carbonyl (C=O) groups excluding carboxylic acids is 3. The quantitative estimate of drug-likeness (QED) is 0.290. The topological polar surface area (TPSA) is 75.7 Å². The van der Waals surface area contributed by atoms with Gasteiger partial charge < -0.3 is 15.0 Å². The molecule has 1 N–H and O–H groups in total. The molecule has 0 saturated carbocycles. The van der Waals surface area contributed by atoms with Gasteiger partial charge in [-0.2, -0.15) is 0 Å². The zero-order valence-electron chi connectivity index (χ0n) is 22.9. The van der Waals surface area contributed by atoms with Gasteiger partial charge in [0.05, 0.1) is 23.9 Å². The van der Waals surface area contributed by atoms with Crippen molar-refractivity contribution in [2.45, 2.75) is 31.3 Å². The molecule has 1 spiro atoms. The number of aryl methyl sites for hydroxylation is 1. The normalized spacial score (nSPS) is 23.9. The Bertz CT molecular complexity index is 1770. The number of rotatable bonds is 5. The molecule has 204 valence electrons. The monoisotopic (exact) mass is 560 g/mol. The van der Waals surface area contributed by atoms with Gasteiger partial charge >= 0.3 is 0 Å². The molecule has 4 aromatic rings. The molecule has 1 amide bonds. The van der Waals surface area contributed by atoms with Crippen molar-refractivity contribution in [3.05, 3.63) is 117 Å². The minimum Gasteiger partial charge on any atom is -0.497 e. The first-order chi connectivity index (χ1) is 19.9. The van der Waals surface area contributed by atoms with Crippen LogP contribution in [0.1, 0.15) is 43.6 Å². The molecule has 7 rings (SSSR count). The molecule has 1 aromatic heterocycles. The number of methoxy groups -OCH3 is 1. The highest BCUT2D eigenvalue weighted by Crippen LogP contribution is 2.59. The maximum atomic E-state index is 14.9. The van der Waals surface area contributed by atoms with E-state index in [-0.39, 0.29) is 17.5 Å². The van der Waals surface area contributed by atoms with Crippen LogP contribution in [-0.2, 0) is 10.2 Å². The number of hydrogen-bond acceptors (Lipinski definition) is 6. The Kier molecular flexibility index (Phi) is 5.77. The van der Waals surface area contributed by atoms with Crippen LogP contribution in [0.5, 0.6) is 5.75 Å². The molecule has 0 radical (unpaired) electrons. The first-order valence-corrected chi connectivity index (χ1v) is 14.5. The van der Waals surface area contributed by atoms with Gasteiger partial charge in [0.25, 0.3) is 0 Å². The molecule has 3 aliphatic rings. The first-order valence-electron chi connectivity index (χ1n) is 13.6. The van der Waals surface area contributed by atoms with Crippen LogP contribution in [0.25, 0.3) is 5.57 Å². The maximum absolute atomic E-state index is 14.9. The predicted octanol–water partition coefficient (Wildman–Crippen LogP) is 6.31. The van der Waals surface area contributed by atoms with Crippen molar-refractivity contribution >= 4 is 45.8 Å². The lowest BCUT2D eigenvalue weighted by Gasteiger charge is -2.39. The molecule has 0 unspecified atom stereocenters. The lowest BCUT2D eigenvalue weighted by atomic mass is 9.64. The van der Waals surface area contributed by atoms with Crippen molar-refractivity contribution in [3.63, 3.8) is 0 Å². The predicted molar refractivity (Wildman–Crippen MR) is 161 cm³/mol. The summed E-state index contributed by atoms with van der Waals surface area (Å²) in [6.45, 7) is 4.07. The summed E-state index contributed by atoms with van der Waals surface area (Å²) in [7, 11) is 1.55. The summed E-state index contributed by atoms with van der Waals surface area (Å²) in [6, 6.07) is 22.8. The molecule has 41 heavy (non-hydrogen) atoms. The molecule has 4 atom stereocenters. The summed E-state index contributed by atoms with van der Waals surface area (Å²) in [5, 5.41) is 4.95. The summed E-state index contributed by atoms with van der Waals surface area (Å²) in [4.78, 5) is 46.5. The molecule has 1 saturated heterocycles. The Hall–Kier alpha value is -4.49. The number of nitrogens with one attached hydrogen (secondary N) is 1. The van der Waals surface area contributed by atoms with Gasteiger partial charge in [-0.1, -0.05) is 54.1 Å². The van der Waals surface area contributed by atoms with Crippen molar-refractivity contribution in [3.8, 4) is 5.75 Å². The second-order valence-electron chi connectivity index (χ2n) is 11.0. The van der Waals surface area contributed by atoms with Crippen molar-refractivity contribution in [1.29, 1.82) is 0 Å². The van der Waals surface area contributed by atoms with E-state index in [1.54, 1.807) is 37.4 Å². The van der Waals surface area contributed by atoms with E-state index in [1.165, 1.54) is 11.3 Å². The van der Waals surface area contributed by atoms with Gasteiger partial charge in [-0.3, -0.25) is 14.4 Å². The lowest BCUT2D eigenvalue weighted by molar-refractivity contribution is -0.121. The first kappa shape index (κ1) is 25.5. The van der Waals surface area contributed by atoms with Crippen molar-refractivity contribution in [1.82, 2.24) is 0 Å². The Morgan fingerprint density at radius 1 is 0.951 bits per heavy atom. The van der Waals surface area contributed by atoms with Crippen molar-refractivity contribution in [2.24, 2.45) is 5.92 Å². The van der Waals surface area contributed by atoms with E-state index in [0.717, 1.165) is 28.0 Å². The van der Waals surface area contributed by atoms with Gasteiger partial charge in [0, 0.05) is 22.5 Å². The van der Waals surface area contributed by atoms with Crippen LogP contribution in [0.3, 0.4) is 0 Å². The summed E-state index contributed by atoms with van der Waals surface area (Å²) in [5.74, 6) is -1.17. The number of ketones is 2. The maximum Gasteiger partial charge on any atom is 0.238 e. The fraction of sp³-hybridized carbons (Fsp3) is 0.206. The Morgan fingerprint density at radius 2 is 1.78 bits per heavy atom. The number of carbonyl (C=O) groups is 3. The Morgan fingerprint density at radius 3 is 2.56 bits per heavy atom. The zero-order chi connectivity index (χ0) is 28.5. The van der Waals surface area contributed by atoms with E-state index in [4.69, 9.17) is 4.74 Å². The van der Waals surface area contributed by atoms with Crippen molar-refractivity contribution in [2.75, 3.05) is 17.3 Å². The Labute approximate surface area is 242 Å². The number of ether oxygens (including phenoxy) is 1. The minimum absolute atomic E-state index is 0.167. The van der Waals surface area contributed by atoms with Gasteiger partial charge in [0.2, 0.25) is 5.91 Å². The number of thiophene rings is 1. The number of nitrogens with zero attached hydrogens (tertiary/aromatic N) is 1. The molecular formula is C34H28N2O4S. The number of amides is 1. The highest BCUT2D eigenvalue weighted by molar-refractivity contribution is 7.12. The number of Topliss-reactive ketones (excluding diaryl/α,β-unsaturated/α-hetero) is 2. The van der Waals surface area contributed by atoms with Crippen LogP contribution in [-0.4, -0.2) is 36.7 Å². The standard InChI is InChI=1S/C34H28N2O4S/c1-19-13-14-26-23(16-19)20(2)17-28-34(24-10-4-5-11-25(24)35-33(34)39)29(31(37)21-8-6-9-22(18-21)40-3)30(36(26)28)32(38)27-12-7-15-41-27/h4-18,28-30H,1-3H3,(H,35,39)/t28-,29+,30-,34+/m0/s1. The molecule has 0 bridgehead atoms. The molecule has 4 heterocycles. The summed E-state index contributed by atoms with van der Waals surface area (Å²) >= 11 is 1.35. The average Bonchev–Trinajstić information content (AvgIpc) is 3.70. The third-order valence-corrected chi connectivity index (χ3v) is 9.69. The van der Waals surface area contributed by atoms with Crippen LogP contribution in [0, 0.1) is 12.8 Å². The largest absolute Gasteiger partial charge is 0.497 e. The van der Waals surface area contributed by atoms with Gasteiger partial charge in [0.15, 0.2) is 11.6 Å². The molecule has 7 heteroatoms. The smallest absolute Gasteiger partial charge is 0.238 e. The molecule has 0 aliphatic carbocycles. The fourth-order valence-electron chi connectivity index (χ4n) is 7.07. The molecule has 1 fully saturated rings. The number of anilines is 2. The molecule has 3 aliphatic heterocycles. The van der Waals surface area contributed by atoms with Gasteiger partial charge in [-0.25, -0.2) is 0 Å². The summed E-state index contributed by atoms with van der Waals surface area (Å²) in [5.41, 5.74) is 4.44. The third kappa shape index (κ3) is 3.51. The number of benzene rings is 3. The van der Waals surface area contributed by atoms with E-state index in [9.17, 15) is 14.4 Å². The third-order valence-electron chi connectivity index (χ3n) is 8.80. The summed E-state index contributed by atoms with van der Waals surface area (Å²) < 4.78 is 5.44. The van der Waals surface area contributed by atoms with Gasteiger partial charge in [0.1, 0.15) is 17.2 Å². The van der Waals surface area contributed by atoms with Crippen LogP contribution >= 0.6 is 11.3 Å². The second kappa shape index (κ2) is 9.28. The molecule has 6 nitrogen and oxygen atoms in total. The van der Waals surface area contributed by atoms with Crippen LogP contribution in [0.15, 0.2) is 90.3 Å². The summed E-state index contributed by atoms with van der Waals surface area (Å²) in [6.07, 6.45) is 2.08. The van der Waals surface area contributed by atoms with E-state index >= 15 is 0 Å². The Balaban J connectivity index is 1.56. The van der Waals surface area contributed by atoms with Crippen LogP contribution < -0.4 is 15.0 Å².